The number of anilines is 2. The molecule has 0 aliphatic heterocycles. The van der Waals surface area contributed by atoms with Gasteiger partial charge in [0.05, 0.1) is 10.6 Å². The molecule has 112 valence electrons. The van der Waals surface area contributed by atoms with Crippen LogP contribution in [0.2, 0.25) is 0 Å². The zero-order chi connectivity index (χ0) is 15.6. The van der Waals surface area contributed by atoms with Crippen molar-refractivity contribution in [2.24, 2.45) is 0 Å². The SMILES string of the molecule is CCc1ccc(S(=O)(=O)Nc2cc(F)ccc2Br)cc1N. The lowest BCUT2D eigenvalue weighted by Crippen LogP contribution is -2.14. The molecule has 0 aromatic heterocycles. The van der Waals surface area contributed by atoms with Crippen LogP contribution in [0.25, 0.3) is 0 Å². The first kappa shape index (κ1) is 15.8. The molecule has 0 aliphatic carbocycles. The van der Waals surface area contributed by atoms with Gasteiger partial charge in [-0.2, -0.15) is 0 Å². The maximum absolute atomic E-state index is 13.2. The van der Waals surface area contributed by atoms with Crippen molar-refractivity contribution < 1.29 is 12.8 Å². The minimum Gasteiger partial charge on any atom is -0.398 e. The number of benzene rings is 2. The van der Waals surface area contributed by atoms with Gasteiger partial charge in [-0.25, -0.2) is 12.8 Å². The molecule has 0 aliphatic rings. The molecular formula is C14H14BrFN2O2S. The molecule has 0 saturated heterocycles. The largest absolute Gasteiger partial charge is 0.398 e. The van der Waals surface area contributed by atoms with Gasteiger partial charge in [-0.15, -0.1) is 0 Å². The highest BCUT2D eigenvalue weighted by Crippen LogP contribution is 2.27. The van der Waals surface area contributed by atoms with Gasteiger partial charge in [-0.05, 0) is 58.2 Å². The number of hydrogen-bond acceptors (Lipinski definition) is 3. The minimum atomic E-state index is -3.83. The van der Waals surface area contributed by atoms with E-state index in [0.717, 1.165) is 18.1 Å². The van der Waals surface area contributed by atoms with E-state index in [-0.39, 0.29) is 10.6 Å². The highest BCUT2D eigenvalue weighted by atomic mass is 79.9. The van der Waals surface area contributed by atoms with Crippen LogP contribution in [0.1, 0.15) is 12.5 Å². The molecule has 7 heteroatoms. The number of halogens is 2. The van der Waals surface area contributed by atoms with E-state index in [1.165, 1.54) is 24.3 Å². The topological polar surface area (TPSA) is 72.2 Å². The summed E-state index contributed by atoms with van der Waals surface area (Å²) in [6.07, 6.45) is 0.717. The molecule has 0 fully saturated rings. The van der Waals surface area contributed by atoms with E-state index >= 15 is 0 Å². The van der Waals surface area contributed by atoms with Crippen molar-refractivity contribution in [2.45, 2.75) is 18.2 Å². The number of nitrogens with two attached hydrogens (primary N) is 1. The van der Waals surface area contributed by atoms with E-state index < -0.39 is 15.8 Å². The highest BCUT2D eigenvalue weighted by Gasteiger charge is 2.17. The molecule has 0 spiro atoms. The summed E-state index contributed by atoms with van der Waals surface area (Å²) in [5.41, 5.74) is 7.24. The van der Waals surface area contributed by atoms with Gasteiger partial charge < -0.3 is 5.73 Å². The normalized spacial score (nSPS) is 11.4. The molecule has 2 rings (SSSR count). The number of nitrogen functional groups attached to an aromatic ring is 1. The van der Waals surface area contributed by atoms with Crippen LogP contribution in [0, 0.1) is 5.82 Å². The van der Waals surface area contributed by atoms with Crippen LogP contribution in [0.5, 0.6) is 0 Å². The van der Waals surface area contributed by atoms with Crippen molar-refractivity contribution in [1.29, 1.82) is 0 Å². The fraction of sp³-hybridized carbons (Fsp3) is 0.143. The van der Waals surface area contributed by atoms with Gasteiger partial charge in [0.15, 0.2) is 0 Å². The summed E-state index contributed by atoms with van der Waals surface area (Å²) < 4.78 is 40.6. The number of hydrogen-bond donors (Lipinski definition) is 2. The van der Waals surface area contributed by atoms with Gasteiger partial charge in [0.1, 0.15) is 5.82 Å². The Kier molecular flexibility index (Phi) is 4.53. The van der Waals surface area contributed by atoms with Crippen LogP contribution in [0.3, 0.4) is 0 Å². The Morgan fingerprint density at radius 2 is 1.95 bits per heavy atom. The summed E-state index contributed by atoms with van der Waals surface area (Å²) in [6.45, 7) is 1.93. The lowest BCUT2D eigenvalue weighted by Gasteiger charge is -2.11. The minimum absolute atomic E-state index is 0.0355. The fourth-order valence-electron chi connectivity index (χ4n) is 1.84. The first-order chi connectivity index (χ1) is 9.83. The van der Waals surface area contributed by atoms with Gasteiger partial charge in [0.25, 0.3) is 10.0 Å². The maximum atomic E-state index is 13.2. The van der Waals surface area contributed by atoms with Crippen molar-refractivity contribution in [3.8, 4) is 0 Å². The molecule has 2 aromatic carbocycles. The Bertz CT molecular complexity index is 779. The van der Waals surface area contributed by atoms with Crippen molar-refractivity contribution in [1.82, 2.24) is 0 Å². The molecule has 21 heavy (non-hydrogen) atoms. The average molecular weight is 373 g/mol. The van der Waals surface area contributed by atoms with Gasteiger partial charge in [0.2, 0.25) is 0 Å². The van der Waals surface area contributed by atoms with Crippen molar-refractivity contribution in [3.63, 3.8) is 0 Å². The first-order valence-corrected chi connectivity index (χ1v) is 8.47. The van der Waals surface area contributed by atoms with E-state index in [4.69, 9.17) is 5.73 Å². The second kappa shape index (κ2) is 6.03. The number of nitrogens with one attached hydrogen (secondary N) is 1. The Hall–Kier alpha value is -1.60. The molecule has 0 amide bonds. The second-order valence-electron chi connectivity index (χ2n) is 4.44. The molecule has 0 radical (unpaired) electrons. The third-order valence-electron chi connectivity index (χ3n) is 2.98. The summed E-state index contributed by atoms with van der Waals surface area (Å²) in [6, 6.07) is 8.31. The van der Waals surface area contributed by atoms with Crippen molar-refractivity contribution in [3.05, 3.63) is 52.3 Å². The van der Waals surface area contributed by atoms with Crippen molar-refractivity contribution >= 4 is 37.3 Å². The Morgan fingerprint density at radius 1 is 1.24 bits per heavy atom. The molecule has 0 unspecified atom stereocenters. The van der Waals surface area contributed by atoms with Gasteiger partial charge in [-0.1, -0.05) is 13.0 Å². The van der Waals surface area contributed by atoms with E-state index in [9.17, 15) is 12.8 Å². The van der Waals surface area contributed by atoms with Gasteiger partial charge >= 0.3 is 0 Å². The molecule has 0 heterocycles. The van der Waals surface area contributed by atoms with Crippen LogP contribution in [-0.2, 0) is 16.4 Å². The molecule has 0 bridgehead atoms. The Labute approximate surface area is 131 Å². The second-order valence-corrected chi connectivity index (χ2v) is 6.98. The average Bonchev–Trinajstić information content (AvgIpc) is 2.42. The van der Waals surface area contributed by atoms with Crippen molar-refractivity contribution in [2.75, 3.05) is 10.5 Å². The third-order valence-corrected chi connectivity index (χ3v) is 5.04. The quantitative estimate of drug-likeness (QED) is 0.806. The summed E-state index contributed by atoms with van der Waals surface area (Å²) in [5.74, 6) is -0.531. The van der Waals surface area contributed by atoms with Gasteiger partial charge in [0, 0.05) is 10.2 Å². The number of aryl methyl sites for hydroxylation is 1. The summed E-state index contributed by atoms with van der Waals surface area (Å²) in [7, 11) is -3.83. The zero-order valence-electron chi connectivity index (χ0n) is 11.2. The lowest BCUT2D eigenvalue weighted by molar-refractivity contribution is 0.601. The van der Waals surface area contributed by atoms with E-state index in [1.807, 2.05) is 6.92 Å². The predicted octanol–water partition coefficient (Wildman–Crippen LogP) is 3.53. The summed E-state index contributed by atoms with van der Waals surface area (Å²) in [4.78, 5) is 0.0355. The standard InChI is InChI=1S/C14H14BrFN2O2S/c1-2-9-3-5-11(8-13(9)17)21(19,20)18-14-7-10(16)4-6-12(14)15/h3-8,18H,2,17H2,1H3. The predicted molar refractivity (Wildman–Crippen MR) is 85.1 cm³/mol. The number of sulfonamides is 1. The molecule has 3 N–H and O–H groups in total. The van der Waals surface area contributed by atoms with E-state index in [0.29, 0.717) is 10.2 Å². The molecule has 0 atom stereocenters. The van der Waals surface area contributed by atoms with E-state index in [2.05, 4.69) is 20.7 Å². The third kappa shape index (κ3) is 3.54. The molecule has 0 saturated carbocycles. The zero-order valence-corrected chi connectivity index (χ0v) is 13.6. The van der Waals surface area contributed by atoms with Crippen LogP contribution < -0.4 is 10.5 Å². The lowest BCUT2D eigenvalue weighted by atomic mass is 10.1. The van der Waals surface area contributed by atoms with Gasteiger partial charge in [-0.3, -0.25) is 4.72 Å². The fourth-order valence-corrected chi connectivity index (χ4v) is 3.42. The van der Waals surface area contributed by atoms with Crippen LogP contribution in [0.4, 0.5) is 15.8 Å². The molecule has 2 aromatic rings. The summed E-state index contributed by atoms with van der Waals surface area (Å²) in [5, 5.41) is 0. The van der Waals surface area contributed by atoms with Crippen LogP contribution >= 0.6 is 15.9 Å². The Balaban J connectivity index is 2.38. The van der Waals surface area contributed by atoms with E-state index in [1.54, 1.807) is 6.07 Å². The highest BCUT2D eigenvalue weighted by molar-refractivity contribution is 9.10. The Morgan fingerprint density at radius 3 is 2.57 bits per heavy atom. The monoisotopic (exact) mass is 372 g/mol. The number of rotatable bonds is 4. The smallest absolute Gasteiger partial charge is 0.262 e. The van der Waals surface area contributed by atoms with Crippen LogP contribution in [0.15, 0.2) is 45.8 Å². The first-order valence-electron chi connectivity index (χ1n) is 6.19. The molecular weight excluding hydrogens is 359 g/mol. The summed E-state index contributed by atoms with van der Waals surface area (Å²) >= 11 is 3.17. The maximum Gasteiger partial charge on any atom is 0.262 e. The van der Waals surface area contributed by atoms with Crippen LogP contribution in [-0.4, -0.2) is 8.42 Å². The molecule has 4 nitrogen and oxygen atoms in total.